The lowest BCUT2D eigenvalue weighted by atomic mass is 9.96. The monoisotopic (exact) mass is 392 g/mol. The summed E-state index contributed by atoms with van der Waals surface area (Å²) in [6.07, 6.45) is 14.7. The van der Waals surface area contributed by atoms with Gasteiger partial charge in [0.15, 0.2) is 0 Å². The van der Waals surface area contributed by atoms with Crippen molar-refractivity contribution < 1.29 is 0 Å². The Kier molecular flexibility index (Phi) is 3.45. The van der Waals surface area contributed by atoms with E-state index < -0.39 is 0 Å². The molecule has 0 N–H and O–H groups in total. The number of aromatic nitrogens is 4. The van der Waals surface area contributed by atoms with Gasteiger partial charge in [0.25, 0.3) is 0 Å². The second-order valence-electron chi connectivity index (χ2n) is 5.74. The molecule has 0 aliphatic heterocycles. The van der Waals surface area contributed by atoms with Crippen molar-refractivity contribution >= 4 is 28.1 Å². The molecular weight excluding hydrogens is 375 g/mol. The molecule has 3 aromatic heterocycles. The van der Waals surface area contributed by atoms with Gasteiger partial charge in [-0.15, -0.1) is 0 Å². The first-order valence-corrected chi connectivity index (χ1v) is 8.56. The van der Waals surface area contributed by atoms with Crippen LogP contribution in [0, 0.1) is 3.57 Å². The highest BCUT2D eigenvalue weighted by Gasteiger charge is 2.16. The summed E-state index contributed by atoms with van der Waals surface area (Å²) in [4.78, 5) is 0. The number of pyridine rings is 1. The average Bonchev–Trinajstić information content (AvgIpc) is 3.15. The molecule has 0 radical (unpaired) electrons. The van der Waals surface area contributed by atoms with Gasteiger partial charge < -0.3 is 0 Å². The molecule has 3 aromatic rings. The summed E-state index contributed by atoms with van der Waals surface area (Å²) in [6.45, 7) is 0. The predicted molar refractivity (Wildman–Crippen MR) is 91.3 cm³/mol. The highest BCUT2D eigenvalue weighted by molar-refractivity contribution is 14.1. The van der Waals surface area contributed by atoms with E-state index in [9.17, 15) is 0 Å². The Morgan fingerprint density at radius 2 is 1.81 bits per heavy atom. The lowest BCUT2D eigenvalue weighted by Gasteiger charge is -2.21. The van der Waals surface area contributed by atoms with Crippen LogP contribution < -0.4 is 0 Å². The fourth-order valence-electron chi connectivity index (χ4n) is 3.16. The third-order valence-electron chi connectivity index (χ3n) is 4.35. The fraction of sp³-hybridized carbons (Fsp3) is 0.375. The molecule has 0 unspecified atom stereocenters. The third kappa shape index (κ3) is 2.47. The summed E-state index contributed by atoms with van der Waals surface area (Å²) < 4.78 is 5.28. The maximum absolute atomic E-state index is 4.59. The van der Waals surface area contributed by atoms with Crippen LogP contribution >= 0.6 is 22.6 Å². The summed E-state index contributed by atoms with van der Waals surface area (Å²) in [6, 6.07) is 4.87. The molecule has 3 heterocycles. The second kappa shape index (κ2) is 5.44. The smallest absolute Gasteiger partial charge is 0.0795 e. The minimum atomic E-state index is 0.585. The van der Waals surface area contributed by atoms with E-state index in [-0.39, 0.29) is 0 Å². The largest absolute Gasteiger partial charge is 0.269 e. The SMILES string of the molecule is Ic1cnn2cc(-c3cnn(C4CCCCC4)c3)ccc12. The molecule has 0 spiro atoms. The van der Waals surface area contributed by atoms with Crippen molar-refractivity contribution in [3.05, 3.63) is 40.5 Å². The van der Waals surface area contributed by atoms with Crippen molar-refractivity contribution in [2.75, 3.05) is 0 Å². The van der Waals surface area contributed by atoms with Crippen LogP contribution in [0.1, 0.15) is 38.1 Å². The van der Waals surface area contributed by atoms with Crippen LogP contribution in [0.5, 0.6) is 0 Å². The zero-order valence-electron chi connectivity index (χ0n) is 11.7. The number of hydrogen-bond donors (Lipinski definition) is 0. The molecule has 1 saturated carbocycles. The van der Waals surface area contributed by atoms with E-state index in [4.69, 9.17) is 0 Å². The molecule has 0 saturated heterocycles. The Morgan fingerprint density at radius 3 is 2.67 bits per heavy atom. The molecule has 0 atom stereocenters. The maximum Gasteiger partial charge on any atom is 0.0795 e. The molecular formula is C16H17IN4. The normalized spacial score (nSPS) is 16.6. The Bertz CT molecular complexity index is 768. The van der Waals surface area contributed by atoms with E-state index in [1.165, 1.54) is 46.8 Å². The second-order valence-corrected chi connectivity index (χ2v) is 6.90. The average molecular weight is 392 g/mol. The van der Waals surface area contributed by atoms with Gasteiger partial charge in [-0.25, -0.2) is 4.52 Å². The van der Waals surface area contributed by atoms with Crippen LogP contribution in [0.25, 0.3) is 16.6 Å². The quantitative estimate of drug-likeness (QED) is 0.610. The summed E-state index contributed by atoms with van der Waals surface area (Å²) in [5, 5.41) is 8.97. The van der Waals surface area contributed by atoms with E-state index in [1.807, 2.05) is 16.9 Å². The zero-order chi connectivity index (χ0) is 14.2. The van der Waals surface area contributed by atoms with Crippen molar-refractivity contribution in [3.63, 3.8) is 0 Å². The molecule has 108 valence electrons. The standard InChI is InChI=1S/C16H17IN4/c17-15-9-19-21-10-12(6-7-16(15)21)13-8-18-20(11-13)14-4-2-1-3-5-14/h6-11,14H,1-5H2. The van der Waals surface area contributed by atoms with Crippen molar-refractivity contribution in [1.82, 2.24) is 19.4 Å². The molecule has 5 heteroatoms. The highest BCUT2D eigenvalue weighted by Crippen LogP contribution is 2.29. The van der Waals surface area contributed by atoms with E-state index >= 15 is 0 Å². The topological polar surface area (TPSA) is 35.1 Å². The summed E-state index contributed by atoms with van der Waals surface area (Å²) in [7, 11) is 0. The summed E-state index contributed by atoms with van der Waals surface area (Å²) in [5.41, 5.74) is 3.50. The Labute approximate surface area is 137 Å². The number of hydrogen-bond acceptors (Lipinski definition) is 2. The predicted octanol–water partition coefficient (Wildman–Crippen LogP) is 4.31. The van der Waals surface area contributed by atoms with Gasteiger partial charge >= 0.3 is 0 Å². The van der Waals surface area contributed by atoms with Gasteiger partial charge in [0.1, 0.15) is 0 Å². The maximum atomic E-state index is 4.59. The number of fused-ring (bicyclic) bond motifs is 1. The molecule has 0 aromatic carbocycles. The van der Waals surface area contributed by atoms with Gasteiger partial charge in [-0.2, -0.15) is 10.2 Å². The van der Waals surface area contributed by atoms with E-state index in [1.54, 1.807) is 0 Å². The summed E-state index contributed by atoms with van der Waals surface area (Å²) >= 11 is 2.31. The molecule has 21 heavy (non-hydrogen) atoms. The van der Waals surface area contributed by atoms with Gasteiger partial charge in [0, 0.05) is 23.5 Å². The minimum absolute atomic E-state index is 0.585. The van der Waals surface area contributed by atoms with Gasteiger partial charge in [0.05, 0.1) is 27.5 Å². The minimum Gasteiger partial charge on any atom is -0.269 e. The van der Waals surface area contributed by atoms with Crippen LogP contribution in [0.4, 0.5) is 0 Å². The molecule has 4 nitrogen and oxygen atoms in total. The first kappa shape index (κ1) is 13.3. The number of rotatable bonds is 2. The van der Waals surface area contributed by atoms with Crippen molar-refractivity contribution in [1.29, 1.82) is 0 Å². The van der Waals surface area contributed by atoms with Crippen LogP contribution in [-0.4, -0.2) is 19.4 Å². The molecule has 0 amide bonds. The van der Waals surface area contributed by atoms with E-state index in [0.29, 0.717) is 6.04 Å². The number of nitrogens with zero attached hydrogens (tertiary/aromatic N) is 4. The lowest BCUT2D eigenvalue weighted by molar-refractivity contribution is 0.329. The number of halogens is 1. The molecule has 1 aliphatic carbocycles. The molecule has 0 bridgehead atoms. The Balaban J connectivity index is 1.66. The van der Waals surface area contributed by atoms with E-state index in [0.717, 1.165) is 5.52 Å². The molecule has 1 fully saturated rings. The lowest BCUT2D eigenvalue weighted by Crippen LogP contribution is -2.12. The zero-order valence-corrected chi connectivity index (χ0v) is 13.9. The van der Waals surface area contributed by atoms with Crippen molar-refractivity contribution in [3.8, 4) is 11.1 Å². The molecule has 4 rings (SSSR count). The first-order valence-electron chi connectivity index (χ1n) is 7.49. The highest BCUT2D eigenvalue weighted by atomic mass is 127. The van der Waals surface area contributed by atoms with Gasteiger partial charge in [-0.3, -0.25) is 4.68 Å². The Hall–Kier alpha value is -1.37. The van der Waals surface area contributed by atoms with Crippen molar-refractivity contribution in [2.24, 2.45) is 0 Å². The van der Waals surface area contributed by atoms with Crippen LogP contribution in [0.15, 0.2) is 36.9 Å². The van der Waals surface area contributed by atoms with Gasteiger partial charge in [-0.1, -0.05) is 25.3 Å². The first-order chi connectivity index (χ1) is 10.3. The van der Waals surface area contributed by atoms with Crippen LogP contribution in [-0.2, 0) is 0 Å². The van der Waals surface area contributed by atoms with Gasteiger partial charge in [0.2, 0.25) is 0 Å². The van der Waals surface area contributed by atoms with Gasteiger partial charge in [-0.05, 0) is 41.5 Å². The van der Waals surface area contributed by atoms with Crippen LogP contribution in [0.3, 0.4) is 0 Å². The van der Waals surface area contributed by atoms with Crippen molar-refractivity contribution in [2.45, 2.75) is 38.1 Å². The third-order valence-corrected chi connectivity index (χ3v) is 5.18. The Morgan fingerprint density at radius 1 is 0.952 bits per heavy atom. The van der Waals surface area contributed by atoms with Crippen LogP contribution in [0.2, 0.25) is 0 Å². The summed E-state index contributed by atoms with van der Waals surface area (Å²) in [5.74, 6) is 0. The fourth-order valence-corrected chi connectivity index (χ4v) is 3.71. The molecule has 1 aliphatic rings. The van der Waals surface area contributed by atoms with E-state index in [2.05, 4.69) is 62.0 Å².